The molecule has 0 aliphatic carbocycles. The Morgan fingerprint density at radius 1 is 0.921 bits per heavy atom. The number of carbonyl (C=O) groups is 2. The van der Waals surface area contributed by atoms with Crippen molar-refractivity contribution < 1.29 is 18.0 Å². The lowest BCUT2D eigenvalue weighted by Gasteiger charge is -2.32. The molecule has 0 heterocycles. The minimum absolute atomic E-state index is 0.0728. The number of anilines is 1. The lowest BCUT2D eigenvalue weighted by atomic mass is 10.1. The standard InChI is InChI=1S/C29H34BrN3O4S/c1-21(2)18-31-29(35)23(4)32(19-24-10-8-9-22(3)17-24)28(34)20-33(26-15-13-25(30)14-16-26)38(36,37)27-11-6-5-7-12-27/h5-17,21,23H,18-20H2,1-4H3,(H,31,35)/t23-/m1/s1. The highest BCUT2D eigenvalue weighted by molar-refractivity contribution is 9.10. The molecular formula is C29H34BrN3O4S. The fourth-order valence-corrected chi connectivity index (χ4v) is 5.60. The number of nitrogens with one attached hydrogen (secondary N) is 1. The Hall–Kier alpha value is -3.17. The number of rotatable bonds is 11. The van der Waals surface area contributed by atoms with Crippen molar-refractivity contribution in [1.82, 2.24) is 10.2 Å². The average molecular weight is 601 g/mol. The monoisotopic (exact) mass is 599 g/mol. The van der Waals surface area contributed by atoms with Crippen molar-refractivity contribution in [2.45, 2.75) is 45.2 Å². The molecular weight excluding hydrogens is 566 g/mol. The van der Waals surface area contributed by atoms with E-state index >= 15 is 0 Å². The number of hydrogen-bond acceptors (Lipinski definition) is 4. The predicted octanol–water partition coefficient (Wildman–Crippen LogP) is 5.14. The maximum atomic E-state index is 13.9. The Bertz CT molecular complexity index is 1350. The number of aryl methyl sites for hydroxylation is 1. The van der Waals surface area contributed by atoms with Crippen molar-refractivity contribution in [3.8, 4) is 0 Å². The zero-order valence-corrected chi connectivity index (χ0v) is 24.5. The molecule has 3 aromatic carbocycles. The van der Waals surface area contributed by atoms with E-state index in [0.29, 0.717) is 12.2 Å². The first kappa shape index (κ1) is 29.4. The van der Waals surface area contributed by atoms with Crippen LogP contribution in [0.4, 0.5) is 5.69 Å². The number of benzene rings is 3. The molecule has 9 heteroatoms. The highest BCUT2D eigenvalue weighted by atomic mass is 79.9. The van der Waals surface area contributed by atoms with Crippen LogP contribution >= 0.6 is 15.9 Å². The molecule has 7 nitrogen and oxygen atoms in total. The molecule has 0 saturated carbocycles. The van der Waals surface area contributed by atoms with Crippen LogP contribution in [0.15, 0.2) is 88.2 Å². The predicted molar refractivity (Wildman–Crippen MR) is 154 cm³/mol. The van der Waals surface area contributed by atoms with Gasteiger partial charge in [0.05, 0.1) is 10.6 Å². The van der Waals surface area contributed by atoms with E-state index in [1.54, 1.807) is 49.4 Å². The second-order valence-corrected chi connectivity index (χ2v) is 12.4. The van der Waals surface area contributed by atoms with Gasteiger partial charge in [-0.1, -0.05) is 77.8 Å². The highest BCUT2D eigenvalue weighted by Gasteiger charge is 2.32. The van der Waals surface area contributed by atoms with Crippen LogP contribution in [-0.4, -0.2) is 44.3 Å². The summed E-state index contributed by atoms with van der Waals surface area (Å²) in [4.78, 5) is 28.4. The lowest BCUT2D eigenvalue weighted by molar-refractivity contribution is -0.139. The Kier molecular flexibility index (Phi) is 10.1. The van der Waals surface area contributed by atoms with Crippen LogP contribution in [0.3, 0.4) is 0 Å². The van der Waals surface area contributed by atoms with Gasteiger partial charge in [-0.25, -0.2) is 8.42 Å². The molecule has 0 bridgehead atoms. The first-order valence-corrected chi connectivity index (χ1v) is 14.7. The molecule has 1 N–H and O–H groups in total. The summed E-state index contributed by atoms with van der Waals surface area (Å²) >= 11 is 3.38. The lowest BCUT2D eigenvalue weighted by Crippen LogP contribution is -2.51. The molecule has 2 amide bonds. The number of hydrogen-bond donors (Lipinski definition) is 1. The summed E-state index contributed by atoms with van der Waals surface area (Å²) in [5, 5.41) is 2.89. The maximum Gasteiger partial charge on any atom is 0.264 e. The van der Waals surface area contributed by atoms with Gasteiger partial charge in [0, 0.05) is 17.6 Å². The SMILES string of the molecule is Cc1cccc(CN(C(=O)CN(c2ccc(Br)cc2)S(=O)(=O)c2ccccc2)[C@H](C)C(=O)NCC(C)C)c1. The molecule has 202 valence electrons. The molecule has 0 aliphatic heterocycles. The first-order chi connectivity index (χ1) is 18.0. The van der Waals surface area contributed by atoms with Gasteiger partial charge < -0.3 is 10.2 Å². The molecule has 0 fully saturated rings. The van der Waals surface area contributed by atoms with E-state index in [4.69, 9.17) is 0 Å². The van der Waals surface area contributed by atoms with E-state index in [2.05, 4.69) is 21.2 Å². The van der Waals surface area contributed by atoms with E-state index in [-0.39, 0.29) is 23.3 Å². The summed E-state index contributed by atoms with van der Waals surface area (Å²) in [5.41, 5.74) is 2.22. The van der Waals surface area contributed by atoms with E-state index in [0.717, 1.165) is 19.9 Å². The minimum atomic E-state index is -4.07. The van der Waals surface area contributed by atoms with Crippen molar-refractivity contribution in [2.24, 2.45) is 5.92 Å². The summed E-state index contributed by atoms with van der Waals surface area (Å²) in [5.74, 6) is -0.530. The number of halogens is 1. The average Bonchev–Trinajstić information content (AvgIpc) is 2.89. The number of amides is 2. The van der Waals surface area contributed by atoms with Crippen molar-refractivity contribution in [2.75, 3.05) is 17.4 Å². The van der Waals surface area contributed by atoms with Crippen LogP contribution in [0, 0.1) is 12.8 Å². The summed E-state index contributed by atoms with van der Waals surface area (Å²) < 4.78 is 29.3. The Morgan fingerprint density at radius 3 is 2.18 bits per heavy atom. The van der Waals surface area contributed by atoms with Crippen LogP contribution in [0.2, 0.25) is 0 Å². The summed E-state index contributed by atoms with van der Waals surface area (Å²) in [6.45, 7) is 7.78. The third-order valence-electron chi connectivity index (χ3n) is 6.01. The van der Waals surface area contributed by atoms with Gasteiger partial charge in [-0.05, 0) is 61.7 Å². The summed E-state index contributed by atoms with van der Waals surface area (Å²) in [6.07, 6.45) is 0. The van der Waals surface area contributed by atoms with Gasteiger partial charge in [-0.2, -0.15) is 0 Å². The van der Waals surface area contributed by atoms with Crippen molar-refractivity contribution in [3.05, 3.63) is 94.5 Å². The molecule has 0 aliphatic rings. The van der Waals surface area contributed by atoms with Gasteiger partial charge in [-0.3, -0.25) is 13.9 Å². The van der Waals surface area contributed by atoms with Crippen molar-refractivity contribution in [3.63, 3.8) is 0 Å². The topological polar surface area (TPSA) is 86.8 Å². The zero-order chi connectivity index (χ0) is 27.9. The largest absolute Gasteiger partial charge is 0.354 e. The second-order valence-electron chi connectivity index (χ2n) is 9.63. The van der Waals surface area contributed by atoms with Gasteiger partial charge in [-0.15, -0.1) is 0 Å². The Morgan fingerprint density at radius 2 is 1.58 bits per heavy atom. The van der Waals surface area contributed by atoms with Crippen LogP contribution in [0.1, 0.15) is 31.9 Å². The fraction of sp³-hybridized carbons (Fsp3) is 0.310. The van der Waals surface area contributed by atoms with Crippen molar-refractivity contribution >= 4 is 43.5 Å². The molecule has 3 rings (SSSR count). The van der Waals surface area contributed by atoms with Crippen molar-refractivity contribution in [1.29, 1.82) is 0 Å². The first-order valence-electron chi connectivity index (χ1n) is 12.4. The number of carbonyl (C=O) groups excluding carboxylic acids is 2. The summed E-state index contributed by atoms with van der Waals surface area (Å²) in [7, 11) is -4.07. The molecule has 0 aromatic heterocycles. The third kappa shape index (κ3) is 7.68. The Balaban J connectivity index is 1.99. The van der Waals surface area contributed by atoms with Gasteiger partial charge in [0.15, 0.2) is 0 Å². The molecule has 0 saturated heterocycles. The molecule has 38 heavy (non-hydrogen) atoms. The van der Waals surface area contributed by atoms with E-state index in [1.165, 1.54) is 17.0 Å². The minimum Gasteiger partial charge on any atom is -0.354 e. The maximum absolute atomic E-state index is 13.9. The second kappa shape index (κ2) is 13.1. The van der Waals surface area contributed by atoms with Crippen LogP contribution < -0.4 is 9.62 Å². The van der Waals surface area contributed by atoms with E-state index in [1.807, 2.05) is 45.0 Å². The van der Waals surface area contributed by atoms with E-state index < -0.39 is 28.5 Å². The quantitative estimate of drug-likeness (QED) is 0.330. The van der Waals surface area contributed by atoms with Crippen LogP contribution in [0.25, 0.3) is 0 Å². The number of sulfonamides is 1. The molecule has 0 unspecified atom stereocenters. The van der Waals surface area contributed by atoms with Gasteiger partial charge in [0.2, 0.25) is 11.8 Å². The molecule has 0 radical (unpaired) electrons. The van der Waals surface area contributed by atoms with Crippen LogP contribution in [-0.2, 0) is 26.2 Å². The van der Waals surface area contributed by atoms with Crippen LogP contribution in [0.5, 0.6) is 0 Å². The zero-order valence-electron chi connectivity index (χ0n) is 22.1. The van der Waals surface area contributed by atoms with Gasteiger partial charge in [0.25, 0.3) is 10.0 Å². The van der Waals surface area contributed by atoms with Gasteiger partial charge in [0.1, 0.15) is 12.6 Å². The van der Waals surface area contributed by atoms with E-state index in [9.17, 15) is 18.0 Å². The fourth-order valence-electron chi connectivity index (χ4n) is 3.90. The third-order valence-corrected chi connectivity index (χ3v) is 8.33. The highest BCUT2D eigenvalue weighted by Crippen LogP contribution is 2.26. The van der Waals surface area contributed by atoms with Gasteiger partial charge >= 0.3 is 0 Å². The normalized spacial score (nSPS) is 12.2. The molecule has 3 aromatic rings. The molecule has 1 atom stereocenters. The smallest absolute Gasteiger partial charge is 0.264 e. The molecule has 0 spiro atoms. The number of nitrogens with zero attached hydrogens (tertiary/aromatic N) is 2. The Labute approximate surface area is 234 Å². The summed E-state index contributed by atoms with van der Waals surface area (Å²) in [6, 6.07) is 21.6.